The summed E-state index contributed by atoms with van der Waals surface area (Å²) in [6, 6.07) is 7.78. The Balaban J connectivity index is 2.66. The molecule has 0 fully saturated rings. The number of carbonyl (C=O) groups excluding carboxylic acids is 2. The van der Waals surface area contributed by atoms with E-state index < -0.39 is 12.0 Å². The summed E-state index contributed by atoms with van der Waals surface area (Å²) in [5, 5.41) is 2.50. The van der Waals surface area contributed by atoms with Crippen LogP contribution in [0.15, 0.2) is 30.3 Å². The van der Waals surface area contributed by atoms with Gasteiger partial charge in [0.2, 0.25) is 0 Å². The van der Waals surface area contributed by atoms with Crippen molar-refractivity contribution in [2.75, 3.05) is 13.7 Å². The van der Waals surface area contributed by atoms with E-state index in [0.29, 0.717) is 5.56 Å². The molecule has 0 bridgehead atoms. The fourth-order valence-electron chi connectivity index (χ4n) is 1.19. The number of rotatable bonds is 4. The second-order valence-corrected chi connectivity index (χ2v) is 3.15. The monoisotopic (exact) mass is 222 g/mol. The minimum Gasteiger partial charge on any atom is -0.467 e. The highest BCUT2D eigenvalue weighted by molar-refractivity contribution is 5.96. The minimum absolute atomic E-state index is 0.00521. The van der Waals surface area contributed by atoms with Crippen molar-refractivity contribution in [2.24, 2.45) is 5.73 Å². The summed E-state index contributed by atoms with van der Waals surface area (Å²) in [5.74, 6) is -0.895. The average molecular weight is 222 g/mol. The highest BCUT2D eigenvalue weighted by Gasteiger charge is 2.19. The van der Waals surface area contributed by atoms with Crippen LogP contribution in [0.3, 0.4) is 0 Å². The molecule has 0 saturated carbocycles. The molecule has 86 valence electrons. The molecule has 1 rings (SSSR count). The number of methoxy groups -OCH3 is 1. The Morgan fingerprint density at radius 2 is 2.00 bits per heavy atom. The first kappa shape index (κ1) is 12.2. The molecular formula is C11H14N2O3. The minimum atomic E-state index is -0.808. The molecule has 3 N–H and O–H groups in total. The molecule has 0 aliphatic carbocycles. The molecule has 1 aromatic carbocycles. The summed E-state index contributed by atoms with van der Waals surface area (Å²) in [6.07, 6.45) is 0. The van der Waals surface area contributed by atoms with Gasteiger partial charge in [-0.05, 0) is 12.1 Å². The Kier molecular flexibility index (Phi) is 4.47. The standard InChI is InChI=1S/C11H14N2O3/c1-16-11(15)9(7-12)13-10(14)8-5-3-2-4-6-8/h2-6,9H,7,12H2,1H3,(H,13,14)/t9-/m0/s1. The molecule has 5 heteroatoms. The van der Waals surface area contributed by atoms with Crippen LogP contribution in [0.1, 0.15) is 10.4 Å². The fourth-order valence-corrected chi connectivity index (χ4v) is 1.19. The maximum absolute atomic E-state index is 11.7. The van der Waals surface area contributed by atoms with Gasteiger partial charge < -0.3 is 15.8 Å². The summed E-state index contributed by atoms with van der Waals surface area (Å²) >= 11 is 0. The van der Waals surface area contributed by atoms with Gasteiger partial charge in [-0.3, -0.25) is 4.79 Å². The third-order valence-corrected chi connectivity index (χ3v) is 2.06. The first-order valence-corrected chi connectivity index (χ1v) is 4.83. The molecule has 0 heterocycles. The summed E-state index contributed by atoms with van der Waals surface area (Å²) < 4.78 is 4.51. The van der Waals surface area contributed by atoms with Crippen LogP contribution in [-0.2, 0) is 9.53 Å². The molecular weight excluding hydrogens is 208 g/mol. The van der Waals surface area contributed by atoms with E-state index in [1.54, 1.807) is 30.3 Å². The SMILES string of the molecule is COC(=O)[C@H](CN)NC(=O)c1ccccc1. The van der Waals surface area contributed by atoms with Gasteiger partial charge in [0, 0.05) is 12.1 Å². The second kappa shape index (κ2) is 5.87. The number of hydrogen-bond acceptors (Lipinski definition) is 4. The third-order valence-electron chi connectivity index (χ3n) is 2.06. The highest BCUT2D eigenvalue weighted by Crippen LogP contribution is 1.99. The zero-order chi connectivity index (χ0) is 12.0. The van der Waals surface area contributed by atoms with Crippen molar-refractivity contribution in [2.45, 2.75) is 6.04 Å². The zero-order valence-electron chi connectivity index (χ0n) is 8.97. The van der Waals surface area contributed by atoms with Crippen LogP contribution in [0, 0.1) is 0 Å². The fraction of sp³-hybridized carbons (Fsp3) is 0.273. The van der Waals surface area contributed by atoms with Crippen LogP contribution in [0.5, 0.6) is 0 Å². The maximum Gasteiger partial charge on any atom is 0.329 e. The molecule has 1 amide bonds. The van der Waals surface area contributed by atoms with Crippen LogP contribution in [0.4, 0.5) is 0 Å². The van der Waals surface area contributed by atoms with Crippen molar-refractivity contribution in [3.05, 3.63) is 35.9 Å². The molecule has 0 aliphatic rings. The quantitative estimate of drug-likeness (QED) is 0.698. The second-order valence-electron chi connectivity index (χ2n) is 3.15. The molecule has 0 aromatic heterocycles. The number of carbonyl (C=O) groups is 2. The Labute approximate surface area is 93.6 Å². The molecule has 0 radical (unpaired) electrons. The van der Waals surface area contributed by atoms with Crippen LogP contribution >= 0.6 is 0 Å². The Morgan fingerprint density at radius 3 is 2.50 bits per heavy atom. The summed E-state index contributed by atoms with van der Waals surface area (Å²) in [5.41, 5.74) is 5.84. The van der Waals surface area contributed by atoms with Crippen molar-refractivity contribution in [1.29, 1.82) is 0 Å². The van der Waals surface area contributed by atoms with Crippen molar-refractivity contribution >= 4 is 11.9 Å². The Bertz CT molecular complexity index is 365. The predicted molar refractivity (Wildman–Crippen MR) is 58.8 cm³/mol. The van der Waals surface area contributed by atoms with Crippen LogP contribution in [0.25, 0.3) is 0 Å². The first-order valence-electron chi connectivity index (χ1n) is 4.83. The van der Waals surface area contributed by atoms with Crippen molar-refractivity contribution in [1.82, 2.24) is 5.32 Å². The molecule has 0 aliphatic heterocycles. The summed E-state index contributed by atoms with van der Waals surface area (Å²) in [4.78, 5) is 22.9. The van der Waals surface area contributed by atoms with Gasteiger partial charge in [-0.2, -0.15) is 0 Å². The predicted octanol–water partition coefficient (Wildman–Crippen LogP) is -0.0833. The lowest BCUT2D eigenvalue weighted by atomic mass is 10.2. The lowest BCUT2D eigenvalue weighted by Crippen LogP contribution is -2.46. The van der Waals surface area contributed by atoms with Gasteiger partial charge in [0.25, 0.3) is 5.91 Å². The summed E-state index contributed by atoms with van der Waals surface area (Å²) in [7, 11) is 1.25. The van der Waals surface area contributed by atoms with Crippen LogP contribution in [-0.4, -0.2) is 31.6 Å². The van der Waals surface area contributed by atoms with Crippen LogP contribution < -0.4 is 11.1 Å². The molecule has 1 atom stereocenters. The number of nitrogens with one attached hydrogen (secondary N) is 1. The van der Waals surface area contributed by atoms with Gasteiger partial charge in [0.1, 0.15) is 6.04 Å². The number of hydrogen-bond donors (Lipinski definition) is 2. The number of amides is 1. The average Bonchev–Trinajstić information content (AvgIpc) is 2.35. The van der Waals surface area contributed by atoms with E-state index >= 15 is 0 Å². The summed E-state index contributed by atoms with van der Waals surface area (Å²) in [6.45, 7) is 0.00521. The first-order chi connectivity index (χ1) is 7.69. The van der Waals surface area contributed by atoms with Gasteiger partial charge >= 0.3 is 5.97 Å². The molecule has 0 spiro atoms. The topological polar surface area (TPSA) is 81.4 Å². The van der Waals surface area contributed by atoms with Gasteiger partial charge in [0.15, 0.2) is 0 Å². The van der Waals surface area contributed by atoms with E-state index in [4.69, 9.17) is 5.73 Å². The van der Waals surface area contributed by atoms with Crippen molar-refractivity contribution in [3.8, 4) is 0 Å². The Hall–Kier alpha value is -1.88. The van der Waals surface area contributed by atoms with E-state index in [0.717, 1.165) is 0 Å². The van der Waals surface area contributed by atoms with Crippen molar-refractivity contribution < 1.29 is 14.3 Å². The zero-order valence-corrected chi connectivity index (χ0v) is 8.97. The molecule has 5 nitrogen and oxygen atoms in total. The third kappa shape index (κ3) is 3.06. The van der Waals surface area contributed by atoms with E-state index in [1.165, 1.54) is 7.11 Å². The van der Waals surface area contributed by atoms with Gasteiger partial charge in [-0.15, -0.1) is 0 Å². The molecule has 0 unspecified atom stereocenters. The number of esters is 1. The number of nitrogens with two attached hydrogens (primary N) is 1. The largest absolute Gasteiger partial charge is 0.467 e. The Morgan fingerprint density at radius 1 is 1.38 bits per heavy atom. The van der Waals surface area contributed by atoms with Gasteiger partial charge in [-0.25, -0.2) is 4.79 Å². The highest BCUT2D eigenvalue weighted by atomic mass is 16.5. The normalized spacial score (nSPS) is 11.6. The maximum atomic E-state index is 11.7. The smallest absolute Gasteiger partial charge is 0.329 e. The van der Waals surface area contributed by atoms with E-state index in [2.05, 4.69) is 10.1 Å². The van der Waals surface area contributed by atoms with E-state index in [1.807, 2.05) is 0 Å². The lowest BCUT2D eigenvalue weighted by molar-refractivity contribution is -0.142. The number of ether oxygens (including phenoxy) is 1. The lowest BCUT2D eigenvalue weighted by Gasteiger charge is -2.14. The van der Waals surface area contributed by atoms with E-state index in [9.17, 15) is 9.59 Å². The molecule has 1 aromatic rings. The van der Waals surface area contributed by atoms with Gasteiger partial charge in [0.05, 0.1) is 7.11 Å². The van der Waals surface area contributed by atoms with Gasteiger partial charge in [-0.1, -0.05) is 18.2 Å². The molecule has 0 saturated heterocycles. The van der Waals surface area contributed by atoms with Crippen LogP contribution in [0.2, 0.25) is 0 Å². The number of benzene rings is 1. The molecule has 16 heavy (non-hydrogen) atoms. The van der Waals surface area contributed by atoms with E-state index in [-0.39, 0.29) is 12.5 Å². The van der Waals surface area contributed by atoms with Crippen molar-refractivity contribution in [3.63, 3.8) is 0 Å².